The highest BCUT2D eigenvalue weighted by Crippen LogP contribution is 2.66. The van der Waals surface area contributed by atoms with Crippen molar-refractivity contribution in [3.63, 3.8) is 0 Å². The highest BCUT2D eigenvalue weighted by Gasteiger charge is 2.63. The van der Waals surface area contributed by atoms with E-state index in [9.17, 15) is 9.90 Å². The van der Waals surface area contributed by atoms with Gasteiger partial charge in [-0.05, 0) is 48.9 Å². The molecule has 0 aromatic heterocycles. The van der Waals surface area contributed by atoms with Gasteiger partial charge in [0.2, 0.25) is 0 Å². The SMILES string of the molecule is CCC1(CC)CC(N)(CC(=O)O)C(C)C1(CC)CC. The minimum absolute atomic E-state index is 0.0949. The molecule has 1 aliphatic carbocycles. The van der Waals surface area contributed by atoms with E-state index in [1.54, 1.807) is 0 Å². The number of carboxylic acid groups (broad SMARTS) is 1. The molecule has 0 saturated heterocycles. The van der Waals surface area contributed by atoms with E-state index >= 15 is 0 Å². The zero-order chi connectivity index (χ0) is 14.9. The van der Waals surface area contributed by atoms with Gasteiger partial charge in [0.25, 0.3) is 0 Å². The molecule has 3 N–H and O–H groups in total. The molecule has 1 fully saturated rings. The monoisotopic (exact) mass is 269 g/mol. The molecule has 0 aromatic carbocycles. The molecule has 0 spiro atoms. The van der Waals surface area contributed by atoms with Crippen molar-refractivity contribution in [2.75, 3.05) is 0 Å². The van der Waals surface area contributed by atoms with Gasteiger partial charge in [0.05, 0.1) is 6.42 Å². The molecule has 3 nitrogen and oxygen atoms in total. The fourth-order valence-corrected chi connectivity index (χ4v) is 5.28. The topological polar surface area (TPSA) is 63.3 Å². The van der Waals surface area contributed by atoms with E-state index in [1.165, 1.54) is 0 Å². The summed E-state index contributed by atoms with van der Waals surface area (Å²) in [6.45, 7) is 11.1. The van der Waals surface area contributed by atoms with Crippen molar-refractivity contribution in [2.45, 2.75) is 78.7 Å². The fraction of sp³-hybridized carbons (Fsp3) is 0.938. The number of hydrogen-bond acceptors (Lipinski definition) is 2. The second kappa shape index (κ2) is 5.43. The van der Waals surface area contributed by atoms with Crippen molar-refractivity contribution < 1.29 is 9.90 Å². The minimum atomic E-state index is -0.765. The van der Waals surface area contributed by atoms with Crippen LogP contribution in [0.4, 0.5) is 0 Å². The summed E-state index contributed by atoms with van der Waals surface area (Å²) in [5.41, 5.74) is 6.40. The van der Waals surface area contributed by atoms with Crippen molar-refractivity contribution in [3.05, 3.63) is 0 Å². The molecular weight excluding hydrogens is 238 g/mol. The Kier molecular flexibility index (Phi) is 4.71. The van der Waals surface area contributed by atoms with E-state index < -0.39 is 11.5 Å². The Hall–Kier alpha value is -0.570. The number of hydrogen-bond donors (Lipinski definition) is 2. The maximum Gasteiger partial charge on any atom is 0.305 e. The molecule has 2 unspecified atom stereocenters. The summed E-state index contributed by atoms with van der Waals surface area (Å²) < 4.78 is 0. The molecule has 0 bridgehead atoms. The first-order valence-electron chi connectivity index (χ1n) is 7.78. The first-order valence-corrected chi connectivity index (χ1v) is 7.78. The molecule has 1 rings (SSSR count). The normalized spacial score (nSPS) is 32.4. The van der Waals surface area contributed by atoms with Gasteiger partial charge in [-0.3, -0.25) is 4.79 Å². The van der Waals surface area contributed by atoms with Crippen LogP contribution < -0.4 is 5.73 Å². The number of carboxylic acids is 1. The highest BCUT2D eigenvalue weighted by atomic mass is 16.4. The molecule has 0 aromatic rings. The summed E-state index contributed by atoms with van der Waals surface area (Å²) in [6.07, 6.45) is 5.30. The zero-order valence-electron chi connectivity index (χ0n) is 13.3. The third-order valence-electron chi connectivity index (χ3n) is 6.51. The average molecular weight is 269 g/mol. The van der Waals surface area contributed by atoms with Gasteiger partial charge in [0.15, 0.2) is 0 Å². The van der Waals surface area contributed by atoms with Crippen molar-refractivity contribution in [3.8, 4) is 0 Å². The molecule has 0 aliphatic heterocycles. The Balaban J connectivity index is 3.31. The Morgan fingerprint density at radius 1 is 1.16 bits per heavy atom. The van der Waals surface area contributed by atoms with Crippen molar-refractivity contribution >= 4 is 5.97 Å². The van der Waals surface area contributed by atoms with Crippen LogP contribution in [0.15, 0.2) is 0 Å². The van der Waals surface area contributed by atoms with Gasteiger partial charge in [0, 0.05) is 5.54 Å². The predicted molar refractivity (Wildman–Crippen MR) is 79.0 cm³/mol. The third-order valence-corrected chi connectivity index (χ3v) is 6.51. The largest absolute Gasteiger partial charge is 0.481 e. The summed E-state index contributed by atoms with van der Waals surface area (Å²) in [4.78, 5) is 11.2. The van der Waals surface area contributed by atoms with Crippen LogP contribution in [0.5, 0.6) is 0 Å². The van der Waals surface area contributed by atoms with Gasteiger partial charge < -0.3 is 10.8 Å². The van der Waals surface area contributed by atoms with Gasteiger partial charge in [-0.15, -0.1) is 0 Å². The van der Waals surface area contributed by atoms with Crippen LogP contribution in [-0.2, 0) is 4.79 Å². The van der Waals surface area contributed by atoms with E-state index in [0.29, 0.717) is 0 Å². The van der Waals surface area contributed by atoms with Crippen LogP contribution in [0, 0.1) is 16.7 Å². The zero-order valence-corrected chi connectivity index (χ0v) is 13.3. The Bertz CT molecular complexity index is 332. The number of carbonyl (C=O) groups is 1. The lowest BCUT2D eigenvalue weighted by molar-refractivity contribution is -0.138. The number of nitrogens with two attached hydrogens (primary N) is 1. The Labute approximate surface area is 118 Å². The lowest BCUT2D eigenvalue weighted by Gasteiger charge is -2.47. The van der Waals surface area contributed by atoms with Gasteiger partial charge in [-0.25, -0.2) is 0 Å². The summed E-state index contributed by atoms with van der Waals surface area (Å²) in [5.74, 6) is -0.510. The van der Waals surface area contributed by atoms with Crippen LogP contribution >= 0.6 is 0 Å². The highest BCUT2D eigenvalue weighted by molar-refractivity contribution is 5.68. The summed E-state index contributed by atoms with van der Waals surface area (Å²) in [6, 6.07) is 0. The molecule has 112 valence electrons. The minimum Gasteiger partial charge on any atom is -0.481 e. The maximum atomic E-state index is 11.2. The second-order valence-electron chi connectivity index (χ2n) is 6.55. The summed E-state index contributed by atoms with van der Waals surface area (Å²) in [7, 11) is 0. The lowest BCUT2D eigenvalue weighted by atomic mass is 9.57. The molecular formula is C16H31NO2. The predicted octanol–water partition coefficient (Wildman–Crippen LogP) is 3.81. The van der Waals surface area contributed by atoms with Crippen molar-refractivity contribution in [2.24, 2.45) is 22.5 Å². The van der Waals surface area contributed by atoms with E-state index in [2.05, 4.69) is 34.6 Å². The molecule has 19 heavy (non-hydrogen) atoms. The van der Waals surface area contributed by atoms with Gasteiger partial charge >= 0.3 is 5.97 Å². The first-order chi connectivity index (χ1) is 8.77. The number of rotatable bonds is 6. The van der Waals surface area contributed by atoms with E-state index in [1.807, 2.05) is 0 Å². The molecule has 0 radical (unpaired) electrons. The smallest absolute Gasteiger partial charge is 0.305 e. The quantitative estimate of drug-likeness (QED) is 0.770. The van der Waals surface area contributed by atoms with Crippen LogP contribution in [0.2, 0.25) is 0 Å². The molecule has 0 amide bonds. The maximum absolute atomic E-state index is 11.2. The summed E-state index contributed by atoms with van der Waals surface area (Å²) in [5, 5.41) is 9.21. The summed E-state index contributed by atoms with van der Waals surface area (Å²) >= 11 is 0. The second-order valence-corrected chi connectivity index (χ2v) is 6.55. The van der Waals surface area contributed by atoms with Gasteiger partial charge in [0.1, 0.15) is 0 Å². The molecule has 0 heterocycles. The standard InChI is InChI=1S/C16H31NO2/c1-6-14(7-2)11-16(17,10-13(18)19)12(5)15(14,8-3)9-4/h12H,6-11,17H2,1-5H3,(H,18,19). The Morgan fingerprint density at radius 2 is 1.63 bits per heavy atom. The van der Waals surface area contributed by atoms with Crippen LogP contribution in [0.25, 0.3) is 0 Å². The molecule has 3 heteroatoms. The third kappa shape index (κ3) is 2.20. The van der Waals surface area contributed by atoms with Crippen LogP contribution in [0.3, 0.4) is 0 Å². The van der Waals surface area contributed by atoms with Crippen LogP contribution in [0.1, 0.15) is 73.1 Å². The average Bonchev–Trinajstić information content (AvgIpc) is 2.55. The first kappa shape index (κ1) is 16.5. The van der Waals surface area contributed by atoms with Crippen molar-refractivity contribution in [1.29, 1.82) is 0 Å². The van der Waals surface area contributed by atoms with E-state index in [-0.39, 0.29) is 23.2 Å². The van der Waals surface area contributed by atoms with Gasteiger partial charge in [-0.1, -0.05) is 34.6 Å². The van der Waals surface area contributed by atoms with Gasteiger partial charge in [-0.2, -0.15) is 0 Å². The fourth-order valence-electron chi connectivity index (χ4n) is 5.28. The number of aliphatic carboxylic acids is 1. The molecule has 1 saturated carbocycles. The molecule has 2 atom stereocenters. The van der Waals surface area contributed by atoms with E-state index in [0.717, 1.165) is 32.1 Å². The van der Waals surface area contributed by atoms with Crippen LogP contribution in [-0.4, -0.2) is 16.6 Å². The Morgan fingerprint density at radius 3 is 1.89 bits per heavy atom. The molecule has 1 aliphatic rings. The van der Waals surface area contributed by atoms with E-state index in [4.69, 9.17) is 5.73 Å². The van der Waals surface area contributed by atoms with Crippen molar-refractivity contribution in [1.82, 2.24) is 0 Å². The lowest BCUT2D eigenvalue weighted by Crippen LogP contribution is -2.47.